The molecule has 4 nitrogen and oxygen atoms in total. The van der Waals surface area contributed by atoms with Gasteiger partial charge in [0.25, 0.3) is 0 Å². The van der Waals surface area contributed by atoms with E-state index in [2.05, 4.69) is 4.98 Å². The molecule has 0 bridgehead atoms. The lowest BCUT2D eigenvalue weighted by Crippen LogP contribution is -2.07. The summed E-state index contributed by atoms with van der Waals surface area (Å²) in [5.74, 6) is -4.97. The summed E-state index contributed by atoms with van der Waals surface area (Å²) in [5.41, 5.74) is -0.931. The Labute approximate surface area is 161 Å². The van der Waals surface area contributed by atoms with Gasteiger partial charge in [0.15, 0.2) is 9.84 Å². The molecule has 3 aromatic rings. The minimum atomic E-state index is -4.90. The van der Waals surface area contributed by atoms with Crippen LogP contribution in [-0.4, -0.2) is 24.6 Å². The number of benzene rings is 2. The molecule has 0 saturated carbocycles. The first-order valence-electron chi connectivity index (χ1n) is 7.92. The Morgan fingerprint density at radius 2 is 1.52 bits per heavy atom. The third kappa shape index (κ3) is 4.00. The molecule has 0 aliphatic carbocycles. The second-order valence-electron chi connectivity index (χ2n) is 6.31. The molecular weight excluding hydrogens is 422 g/mol. The van der Waals surface area contributed by atoms with Crippen molar-refractivity contribution >= 4 is 9.84 Å². The lowest BCUT2D eigenvalue weighted by atomic mass is 10.0. The van der Waals surface area contributed by atoms with Gasteiger partial charge in [-0.15, -0.1) is 0 Å². The van der Waals surface area contributed by atoms with Crippen molar-refractivity contribution in [3.05, 3.63) is 59.2 Å². The summed E-state index contributed by atoms with van der Waals surface area (Å²) in [6, 6.07) is 4.60. The molecule has 0 aliphatic heterocycles. The number of sulfone groups is 1. The third-order valence-corrected chi connectivity index (χ3v) is 5.19. The van der Waals surface area contributed by atoms with Gasteiger partial charge in [0, 0.05) is 17.4 Å². The van der Waals surface area contributed by atoms with Gasteiger partial charge in [-0.05, 0) is 42.8 Å². The fourth-order valence-corrected chi connectivity index (χ4v) is 3.60. The number of hydrogen-bond acceptors (Lipinski definition) is 3. The normalized spacial score (nSPS) is 12.4. The number of hydrogen-bond donors (Lipinski definition) is 1. The van der Waals surface area contributed by atoms with Crippen molar-refractivity contribution in [3.63, 3.8) is 0 Å². The first-order valence-corrected chi connectivity index (χ1v) is 9.81. The van der Waals surface area contributed by atoms with E-state index in [4.69, 9.17) is 0 Å². The third-order valence-electron chi connectivity index (χ3n) is 4.06. The van der Waals surface area contributed by atoms with Gasteiger partial charge in [0.2, 0.25) is 5.82 Å². The molecule has 0 spiro atoms. The molecule has 3 rings (SSSR count). The van der Waals surface area contributed by atoms with Crippen molar-refractivity contribution in [2.24, 2.45) is 0 Å². The van der Waals surface area contributed by atoms with E-state index in [0.717, 1.165) is 6.07 Å². The summed E-state index contributed by atoms with van der Waals surface area (Å²) in [6.07, 6.45) is -4.30. The molecule has 11 heteroatoms. The van der Waals surface area contributed by atoms with E-state index in [9.17, 15) is 34.8 Å². The van der Waals surface area contributed by atoms with Gasteiger partial charge in [-0.25, -0.2) is 26.6 Å². The van der Waals surface area contributed by atoms with E-state index in [-0.39, 0.29) is 16.8 Å². The topological polar surface area (TPSA) is 62.8 Å². The SMILES string of the molecule is Cc1cc(-c2[nH]c(C(F)(F)F)nc2-c2cc(F)c(S(C)(=O)=O)c(F)c2)ccc1F. The molecule has 1 heterocycles. The Balaban J connectivity index is 2.29. The number of halogens is 6. The van der Waals surface area contributed by atoms with Crippen molar-refractivity contribution in [1.82, 2.24) is 9.97 Å². The van der Waals surface area contributed by atoms with Crippen LogP contribution in [-0.2, 0) is 16.0 Å². The molecule has 154 valence electrons. The van der Waals surface area contributed by atoms with E-state index in [1.807, 2.05) is 4.98 Å². The molecule has 1 N–H and O–H groups in total. The van der Waals surface area contributed by atoms with Crippen LogP contribution in [0.3, 0.4) is 0 Å². The van der Waals surface area contributed by atoms with Crippen LogP contribution in [0.1, 0.15) is 11.4 Å². The van der Waals surface area contributed by atoms with Gasteiger partial charge in [0.05, 0.1) is 11.4 Å². The van der Waals surface area contributed by atoms with Crippen LogP contribution in [0.25, 0.3) is 22.5 Å². The second kappa shape index (κ2) is 6.90. The fourth-order valence-electron chi connectivity index (χ4n) is 2.78. The summed E-state index contributed by atoms with van der Waals surface area (Å²) in [7, 11) is -4.25. The summed E-state index contributed by atoms with van der Waals surface area (Å²) in [5, 5.41) is 0. The highest BCUT2D eigenvalue weighted by atomic mass is 32.2. The van der Waals surface area contributed by atoms with Crippen molar-refractivity contribution in [2.45, 2.75) is 18.0 Å². The summed E-state index contributed by atoms with van der Waals surface area (Å²) in [6.45, 7) is 1.39. The average Bonchev–Trinajstić information content (AvgIpc) is 3.01. The summed E-state index contributed by atoms with van der Waals surface area (Å²) >= 11 is 0. The molecular formula is C18H12F6N2O2S. The highest BCUT2D eigenvalue weighted by molar-refractivity contribution is 7.90. The highest BCUT2D eigenvalue weighted by Gasteiger charge is 2.36. The van der Waals surface area contributed by atoms with E-state index in [1.165, 1.54) is 19.1 Å². The highest BCUT2D eigenvalue weighted by Crippen LogP contribution is 2.37. The van der Waals surface area contributed by atoms with Crippen LogP contribution in [0.4, 0.5) is 26.3 Å². The molecule has 0 aliphatic rings. The van der Waals surface area contributed by atoms with Crippen LogP contribution in [0, 0.1) is 24.4 Å². The Hall–Kier alpha value is -2.82. The number of imidazole rings is 1. The maximum Gasteiger partial charge on any atom is 0.449 e. The van der Waals surface area contributed by atoms with Gasteiger partial charge < -0.3 is 4.98 Å². The number of H-pyrrole nitrogens is 1. The standard InChI is InChI=1S/C18H12F6N2O2S/c1-8-5-9(3-4-11(8)19)14-15(26-17(25-14)18(22,23)24)10-6-12(20)16(13(21)7-10)29(2,27)28/h3-7H,1-2H3,(H,25,26). The number of nitrogens with zero attached hydrogens (tertiary/aromatic N) is 1. The molecule has 0 saturated heterocycles. The maximum atomic E-state index is 14.3. The van der Waals surface area contributed by atoms with Crippen molar-refractivity contribution in [1.29, 1.82) is 0 Å². The number of rotatable bonds is 3. The van der Waals surface area contributed by atoms with Gasteiger partial charge >= 0.3 is 6.18 Å². The molecule has 1 aromatic heterocycles. The smallest absolute Gasteiger partial charge is 0.334 e. The van der Waals surface area contributed by atoms with Crippen LogP contribution in [0.5, 0.6) is 0 Å². The predicted molar refractivity (Wildman–Crippen MR) is 92.2 cm³/mol. The summed E-state index contributed by atoms with van der Waals surface area (Å²) in [4.78, 5) is 4.24. The molecule has 0 fully saturated rings. The second-order valence-corrected chi connectivity index (χ2v) is 8.26. The van der Waals surface area contributed by atoms with E-state index in [0.29, 0.717) is 18.4 Å². The lowest BCUT2D eigenvalue weighted by Gasteiger charge is -2.08. The fraction of sp³-hybridized carbons (Fsp3) is 0.167. The Kier molecular flexibility index (Phi) is 4.98. The molecule has 2 aromatic carbocycles. The van der Waals surface area contributed by atoms with Gasteiger partial charge in [-0.1, -0.05) is 0 Å². The van der Waals surface area contributed by atoms with Crippen LogP contribution < -0.4 is 0 Å². The Bertz CT molecular complexity index is 1190. The first kappa shape index (κ1) is 20.9. The van der Waals surface area contributed by atoms with Crippen molar-refractivity contribution in [3.8, 4) is 22.5 Å². The van der Waals surface area contributed by atoms with Crippen LogP contribution in [0.2, 0.25) is 0 Å². The molecule has 0 radical (unpaired) electrons. The zero-order valence-corrected chi connectivity index (χ0v) is 15.6. The quantitative estimate of drug-likeness (QED) is 0.597. The molecule has 0 atom stereocenters. The van der Waals surface area contributed by atoms with E-state index < -0.39 is 55.4 Å². The number of aryl methyl sites for hydroxylation is 1. The molecule has 29 heavy (non-hydrogen) atoms. The minimum Gasteiger partial charge on any atom is -0.334 e. The predicted octanol–water partition coefficient (Wildman–Crippen LogP) is 4.89. The zero-order valence-electron chi connectivity index (χ0n) is 14.8. The minimum absolute atomic E-state index is 0.0925. The monoisotopic (exact) mass is 434 g/mol. The van der Waals surface area contributed by atoms with E-state index in [1.54, 1.807) is 0 Å². The largest absolute Gasteiger partial charge is 0.449 e. The van der Waals surface area contributed by atoms with Crippen molar-refractivity contribution < 1.29 is 34.8 Å². The Morgan fingerprint density at radius 1 is 0.931 bits per heavy atom. The van der Waals surface area contributed by atoms with Crippen LogP contribution >= 0.6 is 0 Å². The average molecular weight is 434 g/mol. The van der Waals surface area contributed by atoms with Crippen molar-refractivity contribution in [2.75, 3.05) is 6.26 Å². The number of aromatic nitrogens is 2. The number of alkyl halides is 3. The molecule has 0 unspecified atom stereocenters. The van der Waals surface area contributed by atoms with E-state index >= 15 is 0 Å². The lowest BCUT2D eigenvalue weighted by molar-refractivity contribution is -0.144. The zero-order chi connectivity index (χ0) is 21.7. The number of nitrogens with one attached hydrogen (secondary N) is 1. The van der Waals surface area contributed by atoms with Gasteiger partial charge in [-0.2, -0.15) is 13.2 Å². The van der Waals surface area contributed by atoms with Gasteiger partial charge in [0.1, 0.15) is 22.3 Å². The summed E-state index contributed by atoms with van der Waals surface area (Å²) < 4.78 is 105. The number of aromatic amines is 1. The molecule has 0 amide bonds. The first-order chi connectivity index (χ1) is 13.3. The van der Waals surface area contributed by atoms with Crippen LogP contribution in [0.15, 0.2) is 35.2 Å². The maximum absolute atomic E-state index is 14.3. The van der Waals surface area contributed by atoms with Gasteiger partial charge in [-0.3, -0.25) is 0 Å². The Morgan fingerprint density at radius 3 is 2.00 bits per heavy atom.